The summed E-state index contributed by atoms with van der Waals surface area (Å²) in [6.45, 7) is 5.18. The van der Waals surface area contributed by atoms with Gasteiger partial charge in [0, 0.05) is 90.1 Å². The Kier molecular flexibility index (Phi) is 27.7. The number of nitro groups is 1. The molecule has 0 bridgehead atoms. The molecule has 10 amide bonds. The summed E-state index contributed by atoms with van der Waals surface area (Å²) in [4.78, 5) is 139. The highest BCUT2D eigenvalue weighted by Gasteiger charge is 2.51. The number of anilines is 5. The van der Waals surface area contributed by atoms with E-state index in [1.807, 2.05) is 49.4 Å². The van der Waals surface area contributed by atoms with E-state index in [0.717, 1.165) is 79.9 Å². The van der Waals surface area contributed by atoms with Crippen molar-refractivity contribution in [3.63, 3.8) is 0 Å². The molecule has 0 saturated carbocycles. The molecule has 19 rings (SSSR count). The van der Waals surface area contributed by atoms with Gasteiger partial charge >= 0.3 is 6.18 Å². The fraction of sp³-hybridized carbons (Fsp3) is 0.143. The Balaban J connectivity index is 0.000000134. The van der Waals surface area contributed by atoms with Crippen molar-refractivity contribution in [1.29, 1.82) is 0 Å². The number of carbonyl (C=O) groups excluding carboxylic acids is 10. The van der Waals surface area contributed by atoms with Crippen molar-refractivity contribution in [2.24, 2.45) is 0 Å². The standard InChI is InChI=1S/C21H17ClN2O4S.C21H15F3N2O4S.C21H18N2O4S.C20H15N3O6S.C15H14N2O4S2/c1-2-24-21(26)19(20(25)23-16-9-7-15(22)8-10-16)17-11-13-5-3-4-6-14(13)12-18(17)29(24,27)28;1-26-20(28)18(19(27)25-15-8-4-7-14(11-15)21(22,23)24)16-9-12-5-2-3-6-13(12)10-17(16)31(26,29)30;1-13-7-9-16(10-8-13)22-20(24)19-17-11-14-5-3-4-6-15(14)12-18(17)28(26,27)23(2)21(19)25;1-22-20(25)18(19(24)21-14-6-8-15(9-7-14)23(26)27)16-10-12-4-2-3-5-13(12)11-17(16)30(22,28)29;1-9-8-11-13(22-9)12(15(19)17(2)23(11,20)21)14(18)16-10-6-4-3-5-7-10/h3-12,19H,2H2,1H3,(H,23,25);2-11,18H,1H3,(H,25,27);3-12,19H,1-2H3,(H,22,24);2-11,18H,1H3,(H,21,24);3-8,12H,1-2H3,(H,16,18). The second kappa shape index (κ2) is 39.1. The molecule has 0 fully saturated rings. The zero-order valence-electron chi connectivity index (χ0n) is 74.8. The van der Waals surface area contributed by atoms with Crippen molar-refractivity contribution in [1.82, 2.24) is 21.5 Å². The number of hydrogen-bond acceptors (Lipinski definition) is 23. The summed E-state index contributed by atoms with van der Waals surface area (Å²) in [6.07, 6.45) is -4.61. The zero-order chi connectivity index (χ0) is 102. The van der Waals surface area contributed by atoms with Crippen molar-refractivity contribution >= 4 is 209 Å². The number of hydrogen-bond donors (Lipinski definition) is 5. The van der Waals surface area contributed by atoms with Crippen molar-refractivity contribution < 1.29 is 108 Å². The first kappa shape index (κ1) is 100.0. The van der Waals surface area contributed by atoms with Gasteiger partial charge in [0.25, 0.3) is 85.3 Å². The van der Waals surface area contributed by atoms with Crippen molar-refractivity contribution in [3.8, 4) is 0 Å². The van der Waals surface area contributed by atoms with Crippen LogP contribution in [0.15, 0.2) is 304 Å². The van der Waals surface area contributed by atoms with E-state index in [4.69, 9.17) is 11.6 Å². The molecule has 1 aromatic heterocycles. The normalized spacial score (nSPS) is 18.0. The molecule has 5 aliphatic heterocycles. The average molecular weight is 2050 g/mol. The molecule has 5 atom stereocenters. The summed E-state index contributed by atoms with van der Waals surface area (Å²) in [5.41, 5.74) is 2.02. The number of sulfonamides is 5. The lowest BCUT2D eigenvalue weighted by Crippen LogP contribution is -2.47. The van der Waals surface area contributed by atoms with E-state index in [1.165, 1.54) is 86.9 Å². The molecule has 33 nitrogen and oxygen atoms in total. The van der Waals surface area contributed by atoms with Crippen LogP contribution in [0.25, 0.3) is 43.1 Å². The van der Waals surface area contributed by atoms with Crippen LogP contribution in [0.2, 0.25) is 5.02 Å². The lowest BCUT2D eigenvalue weighted by Gasteiger charge is -2.32. The predicted molar refractivity (Wildman–Crippen MR) is 520 cm³/mol. The van der Waals surface area contributed by atoms with E-state index >= 15 is 0 Å². The number of benzene rings is 13. The van der Waals surface area contributed by atoms with E-state index in [-0.39, 0.29) is 75.2 Å². The maximum atomic E-state index is 13.0. The fourth-order valence-corrected chi connectivity index (χ4v) is 25.1. The molecule has 0 aliphatic carbocycles. The van der Waals surface area contributed by atoms with Crippen LogP contribution in [-0.4, -0.2) is 162 Å². The maximum absolute atomic E-state index is 13.0. The van der Waals surface area contributed by atoms with Gasteiger partial charge in [-0.05, 0) is 220 Å². The number of likely N-dealkylation sites (N-methyl/N-ethyl adjacent to an activating group) is 5. The van der Waals surface area contributed by atoms with E-state index in [2.05, 4.69) is 26.6 Å². The molecule has 13 aromatic carbocycles. The van der Waals surface area contributed by atoms with Crippen molar-refractivity contribution in [2.75, 3.05) is 61.3 Å². The number of para-hydroxylation sites is 1. The van der Waals surface area contributed by atoms with Gasteiger partial charge in [0.05, 0.1) is 30.1 Å². The third-order valence-corrected chi connectivity index (χ3v) is 34.2. The first-order valence-electron chi connectivity index (χ1n) is 42.4. The fourth-order valence-electron chi connectivity index (χ4n) is 16.2. The van der Waals surface area contributed by atoms with Gasteiger partial charge in [-0.1, -0.05) is 151 Å². The number of aryl methyl sites for hydroxylation is 2. The van der Waals surface area contributed by atoms with Gasteiger partial charge in [0.15, 0.2) is 5.92 Å². The Morgan fingerprint density at radius 2 is 0.638 bits per heavy atom. The van der Waals surface area contributed by atoms with Crippen LogP contribution in [-0.2, 0) is 104 Å². The summed E-state index contributed by atoms with van der Waals surface area (Å²) in [7, 11) is -15.7. The molecular formula is C98H79ClF3N11O22S6. The number of thiophene rings is 1. The molecule has 0 radical (unpaired) electrons. The summed E-state index contributed by atoms with van der Waals surface area (Å²) in [5, 5.41) is 29.8. The Hall–Kier alpha value is -15.5. The molecule has 141 heavy (non-hydrogen) atoms. The molecule has 14 aromatic rings. The quantitative estimate of drug-likeness (QED) is 0.0431. The molecule has 6 heterocycles. The number of nitrogens with zero attached hydrogens (tertiary/aromatic N) is 6. The highest BCUT2D eigenvalue weighted by molar-refractivity contribution is 7.91. The number of rotatable bonds is 12. The highest BCUT2D eigenvalue weighted by atomic mass is 35.5. The minimum absolute atomic E-state index is 0.0163. The van der Waals surface area contributed by atoms with Gasteiger partial charge < -0.3 is 26.6 Å². The molecule has 722 valence electrons. The number of nitro benzene ring substituents is 1. The van der Waals surface area contributed by atoms with E-state index in [9.17, 15) is 113 Å². The third-order valence-electron chi connectivity index (χ3n) is 23.6. The second-order valence-corrected chi connectivity index (χ2v) is 43.8. The smallest absolute Gasteiger partial charge is 0.325 e. The van der Waals surface area contributed by atoms with E-state index in [1.54, 1.807) is 159 Å². The van der Waals surface area contributed by atoms with Crippen LogP contribution in [0, 0.1) is 24.0 Å². The molecule has 0 saturated heterocycles. The minimum Gasteiger partial charge on any atom is -0.325 e. The number of non-ortho nitro benzene ring substituents is 1. The van der Waals surface area contributed by atoms with Crippen molar-refractivity contribution in [2.45, 2.75) is 81.0 Å². The lowest BCUT2D eigenvalue weighted by atomic mass is 9.94. The first-order chi connectivity index (χ1) is 66.6. The average Bonchev–Trinajstić information content (AvgIpc) is 1.48. The van der Waals surface area contributed by atoms with Gasteiger partial charge in [-0.25, -0.2) is 63.6 Å². The minimum atomic E-state index is -4.61. The Morgan fingerprint density at radius 3 is 0.986 bits per heavy atom. The maximum Gasteiger partial charge on any atom is 0.416 e. The van der Waals surface area contributed by atoms with Crippen LogP contribution in [0.1, 0.15) is 79.6 Å². The number of alkyl halides is 3. The molecule has 5 aliphatic rings. The Labute approximate surface area is 812 Å². The molecule has 0 spiro atoms. The van der Waals surface area contributed by atoms with Gasteiger partial charge in [-0.3, -0.25) is 58.1 Å². The highest BCUT2D eigenvalue weighted by Crippen LogP contribution is 2.46. The van der Waals surface area contributed by atoms with Crippen LogP contribution >= 0.6 is 22.9 Å². The summed E-state index contributed by atoms with van der Waals surface area (Å²) >= 11 is 7.03. The lowest BCUT2D eigenvalue weighted by molar-refractivity contribution is -0.384. The number of carbonyl (C=O) groups is 10. The van der Waals surface area contributed by atoms with Crippen LogP contribution < -0.4 is 26.6 Å². The predicted octanol–water partition coefficient (Wildman–Crippen LogP) is 15.1. The number of halogens is 4. The summed E-state index contributed by atoms with van der Waals surface area (Å²) in [6, 6.07) is 73.4. The zero-order valence-corrected chi connectivity index (χ0v) is 80.4. The number of nitrogens with one attached hydrogen (secondary N) is 5. The topological polar surface area (TPSA) is 461 Å². The van der Waals surface area contributed by atoms with Crippen molar-refractivity contribution in [3.05, 3.63) is 337 Å². The summed E-state index contributed by atoms with van der Waals surface area (Å²) in [5.74, 6) is -14.1. The molecule has 43 heteroatoms. The molecule has 5 N–H and O–H groups in total. The SMILES string of the molecule is CCN1C(=O)C(C(=O)Nc2ccc(Cl)cc2)c2cc3ccccc3cc2S1(=O)=O.CN1C(=O)C(C(=O)Nc2ccc([N+](=O)[O-])cc2)c2cc3ccccc3cc2S1(=O)=O.CN1C(=O)C(C(=O)Nc2cccc(C(F)(F)F)c2)c2cc3ccccc3cc2S1(=O)=O.Cc1cc2c(s1)C(C(=O)Nc1ccccc1)C(=O)N(C)S2(=O)=O.Cc1ccc(NC(=O)C2C(=O)N(C)S(=O)(=O)c3cc4ccccc4cc32)cc1. The first-order valence-corrected chi connectivity index (χ1v) is 50.8. The largest absolute Gasteiger partial charge is 0.416 e. The van der Waals surface area contributed by atoms with Gasteiger partial charge in [-0.15, -0.1) is 11.3 Å². The van der Waals surface area contributed by atoms with Crippen LogP contribution in [0.3, 0.4) is 0 Å². The molecular weight excluding hydrogens is 1970 g/mol. The van der Waals surface area contributed by atoms with Gasteiger partial charge in [-0.2, -0.15) is 13.2 Å². The Morgan fingerprint density at radius 1 is 0.355 bits per heavy atom. The monoisotopic (exact) mass is 2050 g/mol. The third kappa shape index (κ3) is 19.6. The summed E-state index contributed by atoms with van der Waals surface area (Å²) < 4.78 is 169. The van der Waals surface area contributed by atoms with E-state index in [0.29, 0.717) is 60.9 Å². The van der Waals surface area contributed by atoms with Crippen LogP contribution in [0.5, 0.6) is 0 Å². The number of amides is 10. The van der Waals surface area contributed by atoms with Crippen LogP contribution in [0.4, 0.5) is 47.3 Å². The second-order valence-electron chi connectivity index (χ2n) is 32.5. The Bertz CT molecular complexity index is 8220. The van der Waals surface area contributed by atoms with Gasteiger partial charge in [0.1, 0.15) is 28.6 Å². The van der Waals surface area contributed by atoms with E-state index < -0.39 is 155 Å². The molecule has 5 unspecified atom stereocenters. The number of fused-ring (bicyclic) bond motifs is 9. The van der Waals surface area contributed by atoms with Gasteiger partial charge in [0.2, 0.25) is 29.5 Å².